The Morgan fingerprint density at radius 1 is 1.47 bits per heavy atom. The summed E-state index contributed by atoms with van der Waals surface area (Å²) in [5.41, 5.74) is 0.119. The average Bonchev–Trinajstić information content (AvgIpc) is 2.90. The average molecular weight is 322 g/mol. The molecule has 2 aliphatic rings. The van der Waals surface area contributed by atoms with E-state index in [0.29, 0.717) is 22.0 Å². The second kappa shape index (κ2) is 4.20. The lowest BCUT2D eigenvalue weighted by Crippen LogP contribution is -2.38. The zero-order chi connectivity index (χ0) is 13.6. The van der Waals surface area contributed by atoms with Gasteiger partial charge in [-0.05, 0) is 41.1 Å². The van der Waals surface area contributed by atoms with Crippen LogP contribution in [-0.4, -0.2) is 22.6 Å². The summed E-state index contributed by atoms with van der Waals surface area (Å²) in [5.74, 6) is 0.819. The molecule has 0 saturated carbocycles. The molecule has 19 heavy (non-hydrogen) atoms. The van der Waals surface area contributed by atoms with Crippen LogP contribution >= 0.6 is 15.9 Å². The Kier molecular flexibility index (Phi) is 2.63. The molecule has 7 heteroatoms. The van der Waals surface area contributed by atoms with Gasteiger partial charge < -0.3 is 9.25 Å². The van der Waals surface area contributed by atoms with Crippen LogP contribution in [0.4, 0.5) is 0 Å². The van der Waals surface area contributed by atoms with Crippen molar-refractivity contribution < 1.29 is 14.0 Å². The van der Waals surface area contributed by atoms with Gasteiger partial charge in [0.05, 0.1) is 5.57 Å². The molecule has 2 aliphatic heterocycles. The van der Waals surface area contributed by atoms with Crippen molar-refractivity contribution in [3.63, 3.8) is 0 Å². The number of rotatable bonds is 1. The van der Waals surface area contributed by atoms with E-state index < -0.39 is 5.91 Å². The number of hydrogen-bond acceptors (Lipinski definition) is 4. The molecule has 1 amide bonds. The van der Waals surface area contributed by atoms with Crippen molar-refractivity contribution in [2.45, 2.75) is 6.92 Å². The first-order valence-corrected chi connectivity index (χ1v) is 6.19. The van der Waals surface area contributed by atoms with Gasteiger partial charge in [0.15, 0.2) is 16.3 Å². The fourth-order valence-electron chi connectivity index (χ4n) is 1.75. The zero-order valence-electron chi connectivity index (χ0n) is 9.81. The lowest BCUT2D eigenvalue weighted by Gasteiger charge is -2.22. The Bertz CT molecular complexity index is 684. The van der Waals surface area contributed by atoms with Crippen LogP contribution in [0.2, 0.25) is 0 Å². The first kappa shape index (κ1) is 11.9. The summed E-state index contributed by atoms with van der Waals surface area (Å²) < 4.78 is 5.84. The van der Waals surface area contributed by atoms with E-state index >= 15 is 0 Å². The second-order valence-corrected chi connectivity index (χ2v) is 4.75. The normalized spacial score (nSPS) is 20.3. The molecular formula is C12H8BrN3O3. The number of allylic oxidation sites excluding steroid dienone is 1. The molecule has 0 aliphatic carbocycles. The molecule has 1 aromatic heterocycles. The zero-order valence-corrected chi connectivity index (χ0v) is 11.4. The van der Waals surface area contributed by atoms with Gasteiger partial charge in [-0.2, -0.15) is 4.99 Å². The van der Waals surface area contributed by atoms with Gasteiger partial charge in [0, 0.05) is 6.08 Å². The molecule has 3 heterocycles. The van der Waals surface area contributed by atoms with Gasteiger partial charge in [-0.3, -0.25) is 10.2 Å². The summed E-state index contributed by atoms with van der Waals surface area (Å²) >= 11 is 3.17. The summed E-state index contributed by atoms with van der Waals surface area (Å²) in [7, 11) is 0. The van der Waals surface area contributed by atoms with E-state index in [1.165, 1.54) is 11.1 Å². The SMILES string of the molecule is CC1=CC2=NC(=O)C(=Cc3ccc(Br)o3)C(=N)N2O1. The number of halogens is 1. The molecule has 0 fully saturated rings. The van der Waals surface area contributed by atoms with Crippen LogP contribution < -0.4 is 0 Å². The van der Waals surface area contributed by atoms with Crippen LogP contribution in [0.15, 0.2) is 43.6 Å². The second-order valence-electron chi connectivity index (χ2n) is 3.96. The largest absolute Gasteiger partial charge is 0.450 e. The third-order valence-electron chi connectivity index (χ3n) is 2.56. The van der Waals surface area contributed by atoms with Gasteiger partial charge in [0.1, 0.15) is 11.5 Å². The number of amidine groups is 2. The maximum atomic E-state index is 11.9. The Morgan fingerprint density at radius 2 is 2.26 bits per heavy atom. The molecule has 0 atom stereocenters. The van der Waals surface area contributed by atoms with Crippen molar-refractivity contribution in [1.29, 1.82) is 5.41 Å². The van der Waals surface area contributed by atoms with Crippen LogP contribution in [0.25, 0.3) is 6.08 Å². The molecule has 3 rings (SSSR count). The standard InChI is InChI=1S/C12H8BrN3O3/c1-6-4-10-15-12(17)8(11(14)16(10)19-6)5-7-2-3-9(13)18-7/h2-5,14H,1H3. The smallest absolute Gasteiger partial charge is 0.283 e. The van der Waals surface area contributed by atoms with Gasteiger partial charge in [-0.25, -0.2) is 0 Å². The molecular weight excluding hydrogens is 314 g/mol. The molecule has 1 aromatic rings. The fourth-order valence-corrected chi connectivity index (χ4v) is 2.07. The Labute approximate surface area is 116 Å². The third kappa shape index (κ3) is 2.01. The van der Waals surface area contributed by atoms with Crippen molar-refractivity contribution in [2.75, 3.05) is 0 Å². The van der Waals surface area contributed by atoms with Gasteiger partial charge in [-0.1, -0.05) is 0 Å². The van der Waals surface area contributed by atoms with E-state index in [0.717, 1.165) is 0 Å². The van der Waals surface area contributed by atoms with Crippen LogP contribution in [0.5, 0.6) is 0 Å². The Morgan fingerprint density at radius 3 is 2.95 bits per heavy atom. The number of nitrogens with zero attached hydrogens (tertiary/aromatic N) is 2. The number of furan rings is 1. The lowest BCUT2D eigenvalue weighted by atomic mass is 10.1. The minimum atomic E-state index is -0.488. The summed E-state index contributed by atoms with van der Waals surface area (Å²) in [6, 6.07) is 3.39. The summed E-state index contributed by atoms with van der Waals surface area (Å²) in [6.07, 6.45) is 3.07. The summed E-state index contributed by atoms with van der Waals surface area (Å²) in [5, 5.41) is 9.20. The third-order valence-corrected chi connectivity index (χ3v) is 2.99. The Hall–Kier alpha value is -2.15. The summed E-state index contributed by atoms with van der Waals surface area (Å²) in [6.45, 7) is 1.73. The van der Waals surface area contributed by atoms with Gasteiger partial charge >= 0.3 is 0 Å². The number of carbonyl (C=O) groups is 1. The number of amides is 1. The van der Waals surface area contributed by atoms with Gasteiger partial charge in [0.25, 0.3) is 5.91 Å². The first-order valence-electron chi connectivity index (χ1n) is 5.40. The van der Waals surface area contributed by atoms with Gasteiger partial charge in [-0.15, -0.1) is 5.06 Å². The number of aliphatic imine (C=N–C) groups is 1. The van der Waals surface area contributed by atoms with E-state index in [-0.39, 0.29) is 11.4 Å². The number of hydrogen-bond donors (Lipinski definition) is 1. The minimum absolute atomic E-state index is 0.0596. The lowest BCUT2D eigenvalue weighted by molar-refractivity contribution is -0.114. The number of fused-ring (bicyclic) bond motifs is 1. The van der Waals surface area contributed by atoms with E-state index in [9.17, 15) is 4.79 Å². The van der Waals surface area contributed by atoms with E-state index in [1.807, 2.05) is 0 Å². The number of carbonyl (C=O) groups excluding carboxylic acids is 1. The highest BCUT2D eigenvalue weighted by molar-refractivity contribution is 9.10. The molecule has 0 aromatic carbocycles. The highest BCUT2D eigenvalue weighted by Gasteiger charge is 2.34. The quantitative estimate of drug-likeness (QED) is 0.806. The van der Waals surface area contributed by atoms with Gasteiger partial charge in [0.2, 0.25) is 0 Å². The molecule has 0 spiro atoms. The van der Waals surface area contributed by atoms with Crippen LogP contribution in [-0.2, 0) is 9.63 Å². The number of nitrogens with one attached hydrogen (secondary N) is 1. The fraction of sp³-hybridized carbons (Fsp3) is 0.0833. The van der Waals surface area contributed by atoms with Crippen molar-refractivity contribution >= 4 is 39.6 Å². The van der Waals surface area contributed by atoms with Crippen molar-refractivity contribution in [3.8, 4) is 0 Å². The van der Waals surface area contributed by atoms with Crippen LogP contribution in [0.3, 0.4) is 0 Å². The predicted molar refractivity (Wildman–Crippen MR) is 71.2 cm³/mol. The summed E-state index contributed by atoms with van der Waals surface area (Å²) in [4.78, 5) is 21.1. The molecule has 0 bridgehead atoms. The molecule has 6 nitrogen and oxygen atoms in total. The highest BCUT2D eigenvalue weighted by atomic mass is 79.9. The molecule has 96 valence electrons. The monoisotopic (exact) mass is 321 g/mol. The van der Waals surface area contributed by atoms with E-state index in [1.54, 1.807) is 25.1 Å². The molecule has 0 unspecified atom stereocenters. The van der Waals surface area contributed by atoms with E-state index in [2.05, 4.69) is 20.9 Å². The molecule has 0 radical (unpaired) electrons. The topological polar surface area (TPSA) is 78.9 Å². The van der Waals surface area contributed by atoms with Crippen molar-refractivity contribution in [1.82, 2.24) is 5.06 Å². The maximum Gasteiger partial charge on any atom is 0.283 e. The van der Waals surface area contributed by atoms with Crippen molar-refractivity contribution in [3.05, 3.63) is 40.0 Å². The first-order chi connectivity index (χ1) is 9.04. The minimum Gasteiger partial charge on any atom is -0.450 e. The molecule has 0 saturated heterocycles. The maximum absolute atomic E-state index is 11.9. The Balaban J connectivity index is 2.00. The van der Waals surface area contributed by atoms with E-state index in [4.69, 9.17) is 14.7 Å². The van der Waals surface area contributed by atoms with Crippen LogP contribution in [0, 0.1) is 5.41 Å². The van der Waals surface area contributed by atoms with Crippen molar-refractivity contribution in [2.24, 2.45) is 4.99 Å². The number of hydroxylamine groups is 2. The highest BCUT2D eigenvalue weighted by Crippen LogP contribution is 2.24. The predicted octanol–water partition coefficient (Wildman–Crippen LogP) is 2.49. The molecule has 1 N–H and O–H groups in total. The van der Waals surface area contributed by atoms with Crippen LogP contribution in [0.1, 0.15) is 12.7 Å².